The number of aliphatic carboxylic acids is 1. The first-order valence-electron chi connectivity index (χ1n) is 6.09. The van der Waals surface area contributed by atoms with E-state index in [-0.39, 0.29) is 11.6 Å². The summed E-state index contributed by atoms with van der Waals surface area (Å²) in [5.74, 6) is -0.596. The zero-order valence-corrected chi connectivity index (χ0v) is 11.0. The second kappa shape index (κ2) is 6.84. The van der Waals surface area contributed by atoms with E-state index in [9.17, 15) is 14.9 Å². The third-order valence-corrected chi connectivity index (χ3v) is 2.70. The van der Waals surface area contributed by atoms with E-state index in [1.165, 1.54) is 12.1 Å². The molecule has 0 saturated heterocycles. The van der Waals surface area contributed by atoms with Gasteiger partial charge in [-0.15, -0.1) is 0 Å². The van der Waals surface area contributed by atoms with Crippen molar-refractivity contribution in [2.75, 3.05) is 0 Å². The zero-order valence-electron chi connectivity index (χ0n) is 11.0. The summed E-state index contributed by atoms with van der Waals surface area (Å²) in [6, 6.07) is 5.47. The summed E-state index contributed by atoms with van der Waals surface area (Å²) in [6.07, 6.45) is 0.544. The quantitative estimate of drug-likeness (QED) is 0.583. The lowest BCUT2D eigenvalue weighted by atomic mass is 10.0. The predicted molar refractivity (Wildman–Crippen MR) is 70.8 cm³/mol. The first-order chi connectivity index (χ1) is 8.90. The van der Waals surface area contributed by atoms with Crippen LogP contribution in [-0.2, 0) is 11.3 Å². The Morgan fingerprint density at radius 3 is 2.37 bits per heavy atom. The maximum atomic E-state index is 11.0. The summed E-state index contributed by atoms with van der Waals surface area (Å²) in [5, 5.41) is 22.5. The molecule has 0 amide bonds. The fraction of sp³-hybridized carbons (Fsp3) is 0.462. The minimum Gasteiger partial charge on any atom is -0.480 e. The van der Waals surface area contributed by atoms with Gasteiger partial charge in [0, 0.05) is 18.7 Å². The molecule has 0 aromatic heterocycles. The van der Waals surface area contributed by atoms with Crippen LogP contribution in [0.3, 0.4) is 0 Å². The third kappa shape index (κ3) is 5.05. The Morgan fingerprint density at radius 2 is 1.95 bits per heavy atom. The molecule has 0 heterocycles. The number of hydrogen-bond donors (Lipinski definition) is 2. The van der Waals surface area contributed by atoms with Crippen molar-refractivity contribution in [3.63, 3.8) is 0 Å². The average molecular weight is 266 g/mol. The van der Waals surface area contributed by atoms with Crippen LogP contribution in [0.1, 0.15) is 25.8 Å². The highest BCUT2D eigenvalue weighted by atomic mass is 16.6. The number of nitrogens with one attached hydrogen (secondary N) is 1. The number of nitro groups is 1. The van der Waals surface area contributed by atoms with E-state index in [1.54, 1.807) is 12.1 Å². The van der Waals surface area contributed by atoms with Crippen LogP contribution in [0.15, 0.2) is 24.3 Å². The van der Waals surface area contributed by atoms with Crippen molar-refractivity contribution in [2.45, 2.75) is 32.9 Å². The van der Waals surface area contributed by atoms with Gasteiger partial charge in [0.25, 0.3) is 5.69 Å². The van der Waals surface area contributed by atoms with Gasteiger partial charge < -0.3 is 10.4 Å². The molecule has 1 aromatic rings. The Kier molecular flexibility index (Phi) is 5.44. The maximum Gasteiger partial charge on any atom is 0.320 e. The lowest BCUT2D eigenvalue weighted by Gasteiger charge is -2.16. The van der Waals surface area contributed by atoms with Crippen LogP contribution in [0.25, 0.3) is 0 Å². The largest absolute Gasteiger partial charge is 0.480 e. The van der Waals surface area contributed by atoms with Crippen LogP contribution in [0.2, 0.25) is 0 Å². The van der Waals surface area contributed by atoms with Gasteiger partial charge in [0.15, 0.2) is 0 Å². The van der Waals surface area contributed by atoms with Crippen molar-refractivity contribution in [3.8, 4) is 0 Å². The third-order valence-electron chi connectivity index (χ3n) is 2.70. The zero-order chi connectivity index (χ0) is 14.4. The van der Waals surface area contributed by atoms with Gasteiger partial charge in [-0.25, -0.2) is 0 Å². The van der Waals surface area contributed by atoms with Gasteiger partial charge >= 0.3 is 5.97 Å². The molecule has 19 heavy (non-hydrogen) atoms. The number of nitrogens with zero attached hydrogens (tertiary/aromatic N) is 1. The SMILES string of the molecule is CC(C)C[C@@H](NCc1ccc([N+](=O)[O-])cc1)C(=O)O. The Balaban J connectivity index is 2.59. The van der Waals surface area contributed by atoms with Crippen molar-refractivity contribution in [1.82, 2.24) is 5.32 Å². The van der Waals surface area contributed by atoms with E-state index in [2.05, 4.69) is 5.32 Å². The highest BCUT2D eigenvalue weighted by Crippen LogP contribution is 2.12. The molecule has 1 atom stereocenters. The molecule has 0 radical (unpaired) electrons. The number of non-ortho nitro benzene ring substituents is 1. The number of hydrogen-bond acceptors (Lipinski definition) is 4. The molecule has 0 spiro atoms. The highest BCUT2D eigenvalue weighted by molar-refractivity contribution is 5.73. The molecule has 1 aromatic carbocycles. The number of rotatable bonds is 7. The Labute approximate surface area is 111 Å². The van der Waals surface area contributed by atoms with Crippen molar-refractivity contribution in [2.24, 2.45) is 5.92 Å². The van der Waals surface area contributed by atoms with Gasteiger partial charge in [0.2, 0.25) is 0 Å². The lowest BCUT2D eigenvalue weighted by molar-refractivity contribution is -0.384. The summed E-state index contributed by atoms with van der Waals surface area (Å²) >= 11 is 0. The Morgan fingerprint density at radius 1 is 1.37 bits per heavy atom. The van der Waals surface area contributed by atoms with E-state index >= 15 is 0 Å². The standard InChI is InChI=1S/C13H18N2O4/c1-9(2)7-12(13(16)17)14-8-10-3-5-11(6-4-10)15(18)19/h3-6,9,12,14H,7-8H2,1-2H3,(H,16,17)/t12-/m1/s1. The number of carboxylic acids is 1. The lowest BCUT2D eigenvalue weighted by Crippen LogP contribution is -2.37. The predicted octanol–water partition coefficient (Wildman–Crippen LogP) is 2.18. The molecule has 0 aliphatic rings. The van der Waals surface area contributed by atoms with Gasteiger partial charge in [-0.3, -0.25) is 14.9 Å². The van der Waals surface area contributed by atoms with Crippen LogP contribution in [0.5, 0.6) is 0 Å². The summed E-state index contributed by atoms with van der Waals surface area (Å²) < 4.78 is 0. The van der Waals surface area contributed by atoms with Crippen molar-refractivity contribution >= 4 is 11.7 Å². The molecule has 104 valence electrons. The summed E-state index contributed by atoms with van der Waals surface area (Å²) in [7, 11) is 0. The molecular formula is C13H18N2O4. The molecule has 6 heteroatoms. The number of carboxylic acid groups (broad SMARTS) is 1. The first-order valence-corrected chi connectivity index (χ1v) is 6.09. The second-order valence-corrected chi connectivity index (χ2v) is 4.82. The van der Waals surface area contributed by atoms with Crippen LogP contribution in [0.4, 0.5) is 5.69 Å². The number of carbonyl (C=O) groups is 1. The van der Waals surface area contributed by atoms with Gasteiger partial charge in [-0.05, 0) is 17.9 Å². The molecule has 2 N–H and O–H groups in total. The molecule has 0 fully saturated rings. The minimum atomic E-state index is -0.879. The molecule has 1 rings (SSSR count). The molecule has 6 nitrogen and oxygen atoms in total. The minimum absolute atomic E-state index is 0.0284. The maximum absolute atomic E-state index is 11.0. The molecule has 0 unspecified atom stereocenters. The second-order valence-electron chi connectivity index (χ2n) is 4.82. The number of benzene rings is 1. The van der Waals surface area contributed by atoms with Crippen LogP contribution in [-0.4, -0.2) is 22.0 Å². The van der Waals surface area contributed by atoms with E-state index in [1.807, 2.05) is 13.8 Å². The van der Waals surface area contributed by atoms with E-state index in [4.69, 9.17) is 5.11 Å². The average Bonchev–Trinajstić information content (AvgIpc) is 2.34. The van der Waals surface area contributed by atoms with Gasteiger partial charge in [-0.1, -0.05) is 26.0 Å². The normalized spacial score (nSPS) is 12.4. The Hall–Kier alpha value is -1.95. The first kappa shape index (κ1) is 15.1. The van der Waals surface area contributed by atoms with E-state index in [0.717, 1.165) is 5.56 Å². The Bertz CT molecular complexity index is 442. The summed E-state index contributed by atoms with van der Waals surface area (Å²) in [6.45, 7) is 4.30. The van der Waals surface area contributed by atoms with Crippen molar-refractivity contribution < 1.29 is 14.8 Å². The van der Waals surface area contributed by atoms with Crippen molar-refractivity contribution in [3.05, 3.63) is 39.9 Å². The summed E-state index contributed by atoms with van der Waals surface area (Å²) in [4.78, 5) is 21.1. The molecule has 0 bridgehead atoms. The molecule has 0 aliphatic heterocycles. The smallest absolute Gasteiger partial charge is 0.320 e. The van der Waals surface area contributed by atoms with Crippen LogP contribution in [0, 0.1) is 16.0 Å². The fourth-order valence-corrected chi connectivity index (χ4v) is 1.72. The van der Waals surface area contributed by atoms with Crippen LogP contribution < -0.4 is 5.32 Å². The molecular weight excluding hydrogens is 248 g/mol. The van der Waals surface area contributed by atoms with Gasteiger partial charge in [0.05, 0.1) is 4.92 Å². The molecule has 0 aliphatic carbocycles. The topological polar surface area (TPSA) is 92.5 Å². The van der Waals surface area contributed by atoms with Crippen LogP contribution >= 0.6 is 0 Å². The summed E-state index contributed by atoms with van der Waals surface area (Å²) in [5.41, 5.74) is 0.848. The highest BCUT2D eigenvalue weighted by Gasteiger charge is 2.18. The van der Waals surface area contributed by atoms with Crippen molar-refractivity contribution in [1.29, 1.82) is 0 Å². The fourth-order valence-electron chi connectivity index (χ4n) is 1.72. The van der Waals surface area contributed by atoms with Gasteiger partial charge in [0.1, 0.15) is 6.04 Å². The number of nitro benzene ring substituents is 1. The molecule has 0 saturated carbocycles. The van der Waals surface area contributed by atoms with E-state index < -0.39 is 16.9 Å². The van der Waals surface area contributed by atoms with Gasteiger partial charge in [-0.2, -0.15) is 0 Å². The van der Waals surface area contributed by atoms with E-state index in [0.29, 0.717) is 13.0 Å². The monoisotopic (exact) mass is 266 g/mol.